The molecule has 3 aromatic carbocycles. The highest BCUT2D eigenvalue weighted by atomic mass is 16.7. The third-order valence-electron chi connectivity index (χ3n) is 15.6. The summed E-state index contributed by atoms with van der Waals surface area (Å²) in [5.41, 5.74) is -0.728. The molecule has 34 nitrogen and oxygen atoms in total. The molecule has 0 radical (unpaired) electrons. The standard InChI is InChI=1S/C61H70O34/c1-81-32-11-23(12-33(82-2)43(32)67)5-9-41(65)85-20-38-46(70)50(74)53(77)58(93-38)87-22-40-48(72)52(76)56(80)61(95-40)91-36-18-27-29(64)16-26(17-30(27)89-57(36)25-7-8-28(63)31(15-25)90-60-55(79)49(73)45(69)37(19-62)92-60)88-59-54(78)51(75)47(71)39(94-59)21-86-42(66)10-6-24-13-34(83-3)44(68)35(14-24)84-4/h5-18,37-40,45-56,58-63,67-80H,19-22H2,1-4H3. The van der Waals surface area contributed by atoms with Crippen LogP contribution in [0.1, 0.15) is 11.1 Å². The first-order valence-electron chi connectivity index (χ1n) is 28.8. The minimum Gasteiger partial charge on any atom is -0.504 e. The Labute approximate surface area is 536 Å². The molecule has 3 aromatic rings. The Morgan fingerprint density at radius 1 is 0.453 bits per heavy atom. The van der Waals surface area contributed by atoms with Crippen molar-refractivity contribution in [1.29, 1.82) is 0 Å². The number of esters is 2. The van der Waals surface area contributed by atoms with Gasteiger partial charge in [0.1, 0.15) is 122 Å². The van der Waals surface area contributed by atoms with E-state index >= 15 is 0 Å². The molecule has 6 aliphatic rings. The van der Waals surface area contributed by atoms with Gasteiger partial charge in [-0.3, -0.25) is 4.79 Å². The van der Waals surface area contributed by atoms with Crippen molar-refractivity contribution < 1.29 is 162 Å². The Bertz CT molecular complexity index is 3510. The molecule has 4 fully saturated rings. The zero-order chi connectivity index (χ0) is 68.9. The van der Waals surface area contributed by atoms with E-state index in [0.717, 1.165) is 42.5 Å². The fourth-order valence-corrected chi connectivity index (χ4v) is 10.3. The van der Waals surface area contributed by atoms with Gasteiger partial charge in [-0.25, -0.2) is 9.59 Å². The number of ether oxygens (including phenoxy) is 14. The fraction of sp³-hybridized carbons (Fsp3) is 0.459. The number of hydrogen-bond donors (Lipinski definition) is 16. The summed E-state index contributed by atoms with van der Waals surface area (Å²) in [5.74, 6) is -5.31. The van der Waals surface area contributed by atoms with Gasteiger partial charge in [-0.15, -0.1) is 0 Å². The van der Waals surface area contributed by atoms with Crippen LogP contribution in [0.3, 0.4) is 0 Å². The number of rotatable bonds is 23. The SMILES string of the molecule is COc1cc(C=CC(=O)OCC2OC(OCC3OC(Oc4cc5c(=O)cc(OC6OC(COC(=O)C=Cc7cc(OC)c(O)c(OC)c7)C(O)C(O)C6O)cc-5oc4-c4ccc(O)c(OC5OC(CO)C(O)C(O)C5O)c4)C(O)C(O)C3O)C(O)C(O)C2O)cc(OC)c1O. The lowest BCUT2D eigenvalue weighted by Gasteiger charge is -2.42. The van der Waals surface area contributed by atoms with Gasteiger partial charge < -0.3 is 152 Å². The second kappa shape index (κ2) is 30.7. The number of aromatic hydroxyl groups is 3. The van der Waals surface area contributed by atoms with E-state index in [1.165, 1.54) is 70.9 Å². The molecule has 0 amide bonds. The van der Waals surface area contributed by atoms with Crippen molar-refractivity contribution in [3.8, 4) is 80.1 Å². The number of aliphatic hydroxyl groups excluding tert-OH is 13. The number of fused-ring (bicyclic) bond motifs is 1. The molecule has 20 atom stereocenters. The molecular weight excluding hydrogens is 1280 g/mol. The van der Waals surface area contributed by atoms with Crippen molar-refractivity contribution in [2.45, 2.75) is 123 Å². The number of carbonyl (C=O) groups is 2. The van der Waals surface area contributed by atoms with E-state index in [-0.39, 0.29) is 51.4 Å². The van der Waals surface area contributed by atoms with Gasteiger partial charge in [0.25, 0.3) is 0 Å². The van der Waals surface area contributed by atoms with Gasteiger partial charge in [-0.2, -0.15) is 0 Å². The Balaban J connectivity index is 0.951. The summed E-state index contributed by atoms with van der Waals surface area (Å²) in [5, 5.41) is 172. The predicted molar refractivity (Wildman–Crippen MR) is 313 cm³/mol. The Morgan fingerprint density at radius 2 is 0.863 bits per heavy atom. The zero-order valence-electron chi connectivity index (χ0n) is 50.5. The second-order valence-electron chi connectivity index (χ2n) is 21.9. The van der Waals surface area contributed by atoms with Gasteiger partial charge in [0.2, 0.25) is 30.4 Å². The van der Waals surface area contributed by atoms with E-state index < -0.39 is 195 Å². The van der Waals surface area contributed by atoms with Gasteiger partial charge in [0, 0.05) is 29.8 Å². The highest BCUT2D eigenvalue weighted by Crippen LogP contribution is 2.44. The molecule has 0 aromatic heterocycles. The molecular formula is C61H70O34. The third-order valence-corrected chi connectivity index (χ3v) is 15.6. The smallest absolute Gasteiger partial charge is 0.330 e. The first-order chi connectivity index (χ1) is 45.3. The van der Waals surface area contributed by atoms with Crippen LogP contribution < -0.4 is 38.6 Å². The normalized spacial score (nSPS) is 31.0. The number of phenols is 3. The van der Waals surface area contributed by atoms with Gasteiger partial charge >= 0.3 is 11.9 Å². The van der Waals surface area contributed by atoms with Gasteiger partial charge in [-0.05, 0) is 71.8 Å². The molecule has 1 aliphatic carbocycles. The molecule has 95 heavy (non-hydrogen) atoms. The zero-order valence-corrected chi connectivity index (χ0v) is 50.5. The highest BCUT2D eigenvalue weighted by Gasteiger charge is 2.50. The van der Waals surface area contributed by atoms with Gasteiger partial charge in [0.15, 0.2) is 57.7 Å². The number of benzene rings is 4. The Morgan fingerprint density at radius 3 is 1.33 bits per heavy atom. The molecule has 518 valence electrons. The molecule has 20 unspecified atom stereocenters. The summed E-state index contributed by atoms with van der Waals surface area (Å²) < 4.78 is 83.4. The van der Waals surface area contributed by atoms with Crippen molar-refractivity contribution in [1.82, 2.24) is 0 Å². The predicted octanol–water partition coefficient (Wildman–Crippen LogP) is -3.55. The average Bonchev–Trinajstić information content (AvgIpc) is 0.770. The lowest BCUT2D eigenvalue weighted by atomic mass is 9.98. The lowest BCUT2D eigenvalue weighted by Crippen LogP contribution is -2.62. The van der Waals surface area contributed by atoms with Crippen LogP contribution in [-0.4, -0.2) is 271 Å². The maximum absolute atomic E-state index is 14.1. The topological polar surface area (TPSA) is 517 Å². The molecule has 0 saturated carbocycles. The van der Waals surface area contributed by atoms with Crippen molar-refractivity contribution in [2.75, 3.05) is 54.9 Å². The van der Waals surface area contributed by atoms with Crippen LogP contribution in [0, 0.1) is 0 Å². The highest BCUT2D eigenvalue weighted by molar-refractivity contribution is 5.88. The molecule has 16 N–H and O–H groups in total. The molecule has 9 rings (SSSR count). The van der Waals surface area contributed by atoms with Crippen LogP contribution in [0.4, 0.5) is 0 Å². The number of methoxy groups -OCH3 is 4. The largest absolute Gasteiger partial charge is 0.504 e. The number of aliphatic hydroxyl groups is 13. The van der Waals surface area contributed by atoms with Crippen LogP contribution in [0.5, 0.6) is 57.5 Å². The minimum atomic E-state index is -2.16. The van der Waals surface area contributed by atoms with Crippen molar-refractivity contribution in [3.05, 3.63) is 94.2 Å². The summed E-state index contributed by atoms with van der Waals surface area (Å²) in [6.45, 7) is -3.16. The van der Waals surface area contributed by atoms with E-state index in [0.29, 0.717) is 11.1 Å². The van der Waals surface area contributed by atoms with Crippen molar-refractivity contribution in [3.63, 3.8) is 0 Å². The number of phenolic OH excluding ortho intramolecular Hbond substituents is 3. The van der Waals surface area contributed by atoms with Crippen LogP contribution >= 0.6 is 0 Å². The lowest BCUT2D eigenvalue weighted by molar-refractivity contribution is -0.323. The van der Waals surface area contributed by atoms with E-state index in [2.05, 4.69) is 0 Å². The van der Waals surface area contributed by atoms with Crippen molar-refractivity contribution >= 4 is 24.1 Å². The van der Waals surface area contributed by atoms with E-state index in [1.807, 2.05) is 0 Å². The molecule has 5 aliphatic heterocycles. The van der Waals surface area contributed by atoms with Gasteiger partial charge in [-0.1, -0.05) is 0 Å². The van der Waals surface area contributed by atoms with E-state index in [9.17, 15) is 96.1 Å². The second-order valence-corrected chi connectivity index (χ2v) is 21.9. The van der Waals surface area contributed by atoms with Crippen LogP contribution in [0.15, 0.2) is 82.0 Å². The Hall–Kier alpha value is -8.21. The molecule has 0 spiro atoms. The van der Waals surface area contributed by atoms with Crippen LogP contribution in [0.2, 0.25) is 0 Å². The van der Waals surface area contributed by atoms with E-state index in [4.69, 9.17) is 70.7 Å². The quantitative estimate of drug-likeness (QED) is 0.0222. The fourth-order valence-electron chi connectivity index (χ4n) is 10.3. The average molecular weight is 1350 g/mol. The summed E-state index contributed by atoms with van der Waals surface area (Å²) in [7, 11) is 5.19. The molecule has 0 bridgehead atoms. The number of hydrogen-bond acceptors (Lipinski definition) is 34. The van der Waals surface area contributed by atoms with Gasteiger partial charge in [0.05, 0.1) is 47.2 Å². The number of carbonyl (C=O) groups excluding carboxylic acids is 2. The summed E-state index contributed by atoms with van der Waals surface area (Å²) in [4.78, 5) is 39.7. The summed E-state index contributed by atoms with van der Waals surface area (Å²) >= 11 is 0. The maximum atomic E-state index is 14.1. The first kappa shape index (κ1) is 71.1. The minimum absolute atomic E-state index is 0.0307. The first-order valence-corrected chi connectivity index (χ1v) is 28.8. The van der Waals surface area contributed by atoms with E-state index in [1.54, 1.807) is 0 Å². The molecule has 5 heterocycles. The van der Waals surface area contributed by atoms with Crippen LogP contribution in [0.25, 0.3) is 34.8 Å². The summed E-state index contributed by atoms with van der Waals surface area (Å²) in [6, 6.07) is 11.9. The monoisotopic (exact) mass is 1350 g/mol. The third kappa shape index (κ3) is 15.7. The Kier molecular flexibility index (Phi) is 23.0. The summed E-state index contributed by atoms with van der Waals surface area (Å²) in [6.07, 6.45) is -33.2. The maximum Gasteiger partial charge on any atom is 0.330 e. The molecule has 34 heteroatoms. The van der Waals surface area contributed by atoms with Crippen LogP contribution in [-0.2, 0) is 42.7 Å². The van der Waals surface area contributed by atoms with Crippen molar-refractivity contribution in [2.24, 2.45) is 0 Å². The molecule has 4 saturated heterocycles.